The van der Waals surface area contributed by atoms with Crippen LogP contribution in [0.5, 0.6) is 0 Å². The van der Waals surface area contributed by atoms with Crippen molar-refractivity contribution in [1.29, 1.82) is 0 Å². The van der Waals surface area contributed by atoms with Crippen LogP contribution < -0.4 is 15.5 Å². The monoisotopic (exact) mass is 243 g/mol. The van der Waals surface area contributed by atoms with Gasteiger partial charge in [0.1, 0.15) is 6.04 Å². The van der Waals surface area contributed by atoms with Crippen LogP contribution in [-0.2, 0) is 4.79 Å². The van der Waals surface area contributed by atoms with Crippen molar-refractivity contribution in [2.75, 3.05) is 29.9 Å². The molecule has 4 heteroatoms. The Hall–Kier alpha value is -1.81. The van der Waals surface area contributed by atoms with Gasteiger partial charge in [0.15, 0.2) is 0 Å². The Morgan fingerprint density at radius 1 is 1.33 bits per heavy atom. The Labute approximate surface area is 107 Å². The average Bonchev–Trinajstić information content (AvgIpc) is 2.65. The summed E-state index contributed by atoms with van der Waals surface area (Å²) in [7, 11) is 1.79. The molecule has 0 fully saturated rings. The molecule has 0 radical (unpaired) electrons. The average molecular weight is 243 g/mol. The van der Waals surface area contributed by atoms with Crippen molar-refractivity contribution in [3.8, 4) is 0 Å². The Morgan fingerprint density at radius 2 is 2.17 bits per heavy atom. The summed E-state index contributed by atoms with van der Waals surface area (Å²) in [6.45, 7) is 1.96. The molecule has 0 spiro atoms. The molecule has 0 saturated heterocycles. The lowest BCUT2D eigenvalue weighted by Crippen LogP contribution is -2.28. The molecule has 1 atom stereocenters. The number of carbonyl (C=O) groups is 1. The van der Waals surface area contributed by atoms with Crippen molar-refractivity contribution in [2.45, 2.75) is 12.5 Å². The molecular weight excluding hydrogens is 226 g/mol. The van der Waals surface area contributed by atoms with Gasteiger partial charge in [-0.3, -0.25) is 4.79 Å². The second kappa shape index (κ2) is 4.14. The Morgan fingerprint density at radius 3 is 2.89 bits per heavy atom. The number of likely N-dealkylation sites (N-methyl/N-ethyl adjacent to an activating group) is 1. The first-order valence-corrected chi connectivity index (χ1v) is 6.25. The van der Waals surface area contributed by atoms with Gasteiger partial charge in [0.2, 0.25) is 5.91 Å². The highest BCUT2D eigenvalue weighted by molar-refractivity contribution is 6.04. The number of fused-ring (bicyclic) bond motifs is 1. The van der Waals surface area contributed by atoms with Gasteiger partial charge >= 0.3 is 0 Å². The molecule has 2 aliphatic heterocycles. The third-order valence-corrected chi connectivity index (χ3v) is 3.73. The van der Waals surface area contributed by atoms with Crippen molar-refractivity contribution in [1.82, 2.24) is 0 Å². The van der Waals surface area contributed by atoms with Gasteiger partial charge in [0.25, 0.3) is 0 Å². The maximum atomic E-state index is 11.8. The molecular formula is C14H17N3O. The Balaban J connectivity index is 1.97. The van der Waals surface area contributed by atoms with Crippen LogP contribution in [0.3, 0.4) is 0 Å². The lowest BCUT2D eigenvalue weighted by Gasteiger charge is -2.26. The number of amides is 1. The van der Waals surface area contributed by atoms with Gasteiger partial charge in [0, 0.05) is 31.4 Å². The molecule has 2 heterocycles. The minimum absolute atomic E-state index is 0.0271. The van der Waals surface area contributed by atoms with Crippen LogP contribution in [0.25, 0.3) is 0 Å². The summed E-state index contributed by atoms with van der Waals surface area (Å²) in [5.41, 5.74) is 8.93. The van der Waals surface area contributed by atoms with Crippen molar-refractivity contribution in [2.24, 2.45) is 5.73 Å². The molecule has 1 amide bonds. The second-order valence-corrected chi connectivity index (χ2v) is 4.82. The highest BCUT2D eigenvalue weighted by atomic mass is 16.2. The molecule has 2 N–H and O–H groups in total. The van der Waals surface area contributed by atoms with Crippen LogP contribution in [0, 0.1) is 0 Å². The molecule has 4 nitrogen and oxygen atoms in total. The lowest BCUT2D eigenvalue weighted by atomic mass is 10.1. The quantitative estimate of drug-likeness (QED) is 0.759. The Kier molecular flexibility index (Phi) is 2.59. The van der Waals surface area contributed by atoms with Crippen molar-refractivity contribution in [3.63, 3.8) is 0 Å². The van der Waals surface area contributed by atoms with E-state index in [4.69, 9.17) is 5.73 Å². The number of carbonyl (C=O) groups excluding carboxylic acids is 1. The van der Waals surface area contributed by atoms with Gasteiger partial charge in [-0.2, -0.15) is 0 Å². The molecule has 2 aliphatic rings. The van der Waals surface area contributed by atoms with E-state index in [0.717, 1.165) is 36.4 Å². The smallest absolute Gasteiger partial charge is 0.248 e. The van der Waals surface area contributed by atoms with Crippen LogP contribution in [-0.4, -0.2) is 26.0 Å². The number of benzene rings is 1. The van der Waals surface area contributed by atoms with E-state index in [0.29, 0.717) is 0 Å². The summed E-state index contributed by atoms with van der Waals surface area (Å²) < 4.78 is 0. The molecule has 0 aromatic heterocycles. The number of rotatable bonds is 1. The fourth-order valence-corrected chi connectivity index (χ4v) is 2.62. The second-order valence-electron chi connectivity index (χ2n) is 4.82. The van der Waals surface area contributed by atoms with E-state index in [1.807, 2.05) is 6.07 Å². The molecule has 1 aromatic carbocycles. The first-order chi connectivity index (χ1) is 8.68. The third-order valence-electron chi connectivity index (χ3n) is 3.73. The maximum Gasteiger partial charge on any atom is 0.248 e. The van der Waals surface area contributed by atoms with E-state index in [1.165, 1.54) is 0 Å². The fourth-order valence-electron chi connectivity index (χ4n) is 2.62. The van der Waals surface area contributed by atoms with Gasteiger partial charge < -0.3 is 15.5 Å². The highest BCUT2D eigenvalue weighted by Gasteiger charge is 2.32. The topological polar surface area (TPSA) is 49.6 Å². The van der Waals surface area contributed by atoms with Gasteiger partial charge in [-0.1, -0.05) is 18.2 Å². The normalized spacial score (nSPS) is 22.6. The van der Waals surface area contributed by atoms with Crippen LogP contribution in [0.1, 0.15) is 18.0 Å². The van der Waals surface area contributed by atoms with E-state index in [-0.39, 0.29) is 5.91 Å². The number of nitrogens with zero attached hydrogens (tertiary/aromatic N) is 2. The molecule has 94 valence electrons. The van der Waals surface area contributed by atoms with Crippen LogP contribution in [0.15, 0.2) is 30.4 Å². The van der Waals surface area contributed by atoms with Crippen LogP contribution in [0.4, 0.5) is 11.4 Å². The molecule has 3 rings (SSSR count). The number of nitrogens with two attached hydrogens (primary N) is 1. The summed E-state index contributed by atoms with van der Waals surface area (Å²) in [4.78, 5) is 15.8. The van der Waals surface area contributed by atoms with Gasteiger partial charge in [-0.25, -0.2) is 0 Å². The number of hydrogen-bond donors (Lipinski definition) is 1. The first-order valence-electron chi connectivity index (χ1n) is 6.25. The standard InChI is InChI=1S/C14H17N3O/c1-16-12-9-10(17-7-3-2-4-8-17)5-6-11(12)13(15)14(16)18/h2-3,5-6,9,13H,4,7-8,15H2,1H3. The minimum Gasteiger partial charge on any atom is -0.367 e. The molecule has 1 unspecified atom stereocenters. The fraction of sp³-hybridized carbons (Fsp3) is 0.357. The first kappa shape index (κ1) is 11.3. The van der Waals surface area contributed by atoms with E-state index >= 15 is 0 Å². The lowest BCUT2D eigenvalue weighted by molar-refractivity contribution is -0.118. The highest BCUT2D eigenvalue weighted by Crippen LogP contribution is 2.36. The maximum absolute atomic E-state index is 11.8. The summed E-state index contributed by atoms with van der Waals surface area (Å²) in [6.07, 6.45) is 5.46. The SMILES string of the molecule is CN1C(=O)C(N)c2ccc(N3CC=CCC3)cc21. The van der Waals surface area contributed by atoms with E-state index in [2.05, 4.69) is 29.2 Å². The zero-order valence-corrected chi connectivity index (χ0v) is 10.5. The number of hydrogen-bond acceptors (Lipinski definition) is 3. The molecule has 0 aliphatic carbocycles. The third kappa shape index (κ3) is 1.61. The summed E-state index contributed by atoms with van der Waals surface area (Å²) in [5.74, 6) is -0.0271. The molecule has 0 bridgehead atoms. The van der Waals surface area contributed by atoms with E-state index in [1.54, 1.807) is 11.9 Å². The molecule has 18 heavy (non-hydrogen) atoms. The van der Waals surface area contributed by atoms with Crippen molar-refractivity contribution < 1.29 is 4.79 Å². The predicted molar refractivity (Wildman–Crippen MR) is 72.8 cm³/mol. The van der Waals surface area contributed by atoms with Crippen LogP contribution in [0.2, 0.25) is 0 Å². The molecule has 0 saturated carbocycles. The zero-order chi connectivity index (χ0) is 12.7. The Bertz CT molecular complexity index is 524. The summed E-state index contributed by atoms with van der Waals surface area (Å²) in [6, 6.07) is 5.61. The predicted octanol–water partition coefficient (Wildman–Crippen LogP) is 1.43. The van der Waals surface area contributed by atoms with Gasteiger partial charge in [-0.05, 0) is 18.6 Å². The summed E-state index contributed by atoms with van der Waals surface area (Å²) >= 11 is 0. The van der Waals surface area contributed by atoms with Crippen molar-refractivity contribution >= 4 is 17.3 Å². The minimum atomic E-state index is -0.500. The van der Waals surface area contributed by atoms with E-state index < -0.39 is 6.04 Å². The summed E-state index contributed by atoms with van der Waals surface area (Å²) in [5, 5.41) is 0. The van der Waals surface area contributed by atoms with Gasteiger partial charge in [-0.15, -0.1) is 0 Å². The van der Waals surface area contributed by atoms with Crippen molar-refractivity contribution in [3.05, 3.63) is 35.9 Å². The largest absolute Gasteiger partial charge is 0.367 e. The van der Waals surface area contributed by atoms with Crippen LogP contribution >= 0.6 is 0 Å². The van der Waals surface area contributed by atoms with Gasteiger partial charge in [0.05, 0.1) is 5.69 Å². The number of anilines is 2. The molecule has 1 aromatic rings. The van der Waals surface area contributed by atoms with E-state index in [9.17, 15) is 4.79 Å². The zero-order valence-electron chi connectivity index (χ0n) is 10.5.